The fourth-order valence-corrected chi connectivity index (χ4v) is 3.12. The zero-order valence-corrected chi connectivity index (χ0v) is 17.1. The van der Waals surface area contributed by atoms with E-state index in [0.29, 0.717) is 41.2 Å². The van der Waals surface area contributed by atoms with E-state index in [2.05, 4.69) is 5.32 Å². The summed E-state index contributed by atoms with van der Waals surface area (Å²) in [6, 6.07) is 11.5. The minimum Gasteiger partial charge on any atom is -0.484 e. The molecule has 0 aliphatic carbocycles. The summed E-state index contributed by atoms with van der Waals surface area (Å²) in [5, 5.41) is 3.53. The second-order valence-corrected chi connectivity index (χ2v) is 6.64. The van der Waals surface area contributed by atoms with Gasteiger partial charge in [0, 0.05) is 22.7 Å². The van der Waals surface area contributed by atoms with Gasteiger partial charge in [0.05, 0.1) is 12.2 Å². The first-order chi connectivity index (χ1) is 14.4. The molecule has 0 saturated heterocycles. The Labute approximate surface area is 173 Å². The molecular weight excluding hydrogens is 386 g/mol. The summed E-state index contributed by atoms with van der Waals surface area (Å²) in [6.45, 7) is 5.61. The smallest absolute Gasteiger partial charge is 0.339 e. The highest BCUT2D eigenvalue weighted by atomic mass is 16.5. The first-order valence-corrected chi connectivity index (χ1v) is 9.69. The molecule has 1 aromatic heterocycles. The number of benzene rings is 2. The number of fused-ring (bicyclic) bond motifs is 1. The Bertz CT molecular complexity index is 1130. The van der Waals surface area contributed by atoms with Gasteiger partial charge in [-0.05, 0) is 62.2 Å². The SMILES string of the molecule is CCOC(=O)c1ccc(NC(=O)COc2ccc3c(C)c(CC)c(=O)oc3c2)cc1. The number of hydrogen-bond donors (Lipinski definition) is 1. The molecule has 3 aromatic rings. The molecule has 0 spiro atoms. The summed E-state index contributed by atoms with van der Waals surface area (Å²) in [6.07, 6.45) is 0.600. The quantitative estimate of drug-likeness (QED) is 0.470. The van der Waals surface area contributed by atoms with E-state index in [1.54, 1.807) is 43.3 Å². The molecule has 1 amide bonds. The minimum atomic E-state index is -0.414. The molecule has 1 N–H and O–H groups in total. The maximum Gasteiger partial charge on any atom is 0.339 e. The molecular formula is C23H23NO6. The van der Waals surface area contributed by atoms with E-state index in [0.717, 1.165) is 10.9 Å². The number of hydrogen-bond acceptors (Lipinski definition) is 6. The predicted molar refractivity (Wildman–Crippen MR) is 113 cm³/mol. The van der Waals surface area contributed by atoms with Gasteiger partial charge in [0.15, 0.2) is 6.61 Å². The van der Waals surface area contributed by atoms with Crippen LogP contribution in [0.5, 0.6) is 5.75 Å². The van der Waals surface area contributed by atoms with Gasteiger partial charge in [-0.1, -0.05) is 6.92 Å². The molecule has 0 aliphatic rings. The maximum absolute atomic E-state index is 12.2. The maximum atomic E-state index is 12.2. The van der Waals surface area contributed by atoms with Gasteiger partial charge in [0.2, 0.25) is 0 Å². The Hall–Kier alpha value is -3.61. The second-order valence-electron chi connectivity index (χ2n) is 6.64. The van der Waals surface area contributed by atoms with Crippen LogP contribution in [0.15, 0.2) is 51.7 Å². The van der Waals surface area contributed by atoms with E-state index in [1.165, 1.54) is 0 Å². The zero-order chi connectivity index (χ0) is 21.7. The minimum absolute atomic E-state index is 0.221. The van der Waals surface area contributed by atoms with E-state index >= 15 is 0 Å². The van der Waals surface area contributed by atoms with Crippen LogP contribution in [0.2, 0.25) is 0 Å². The molecule has 30 heavy (non-hydrogen) atoms. The summed E-state index contributed by atoms with van der Waals surface area (Å²) in [5.41, 5.74) is 2.55. The highest BCUT2D eigenvalue weighted by molar-refractivity contribution is 5.93. The molecule has 0 bridgehead atoms. The summed E-state index contributed by atoms with van der Waals surface area (Å²) in [4.78, 5) is 35.9. The topological polar surface area (TPSA) is 94.8 Å². The molecule has 156 valence electrons. The average Bonchev–Trinajstić information content (AvgIpc) is 2.73. The normalized spacial score (nSPS) is 10.6. The highest BCUT2D eigenvalue weighted by Gasteiger charge is 2.12. The molecule has 0 fully saturated rings. The molecule has 0 saturated carbocycles. The molecule has 7 nitrogen and oxygen atoms in total. The van der Waals surface area contributed by atoms with Crippen molar-refractivity contribution < 1.29 is 23.5 Å². The third kappa shape index (κ3) is 4.68. The first-order valence-electron chi connectivity index (χ1n) is 9.69. The van der Waals surface area contributed by atoms with Gasteiger partial charge in [0.1, 0.15) is 11.3 Å². The van der Waals surface area contributed by atoms with Gasteiger partial charge in [-0.25, -0.2) is 9.59 Å². The number of ether oxygens (including phenoxy) is 2. The van der Waals surface area contributed by atoms with Crippen molar-refractivity contribution in [2.45, 2.75) is 27.2 Å². The number of carbonyl (C=O) groups excluding carboxylic acids is 2. The molecule has 2 aromatic carbocycles. The van der Waals surface area contributed by atoms with Crippen molar-refractivity contribution in [1.29, 1.82) is 0 Å². The van der Waals surface area contributed by atoms with Gasteiger partial charge in [-0.2, -0.15) is 0 Å². The van der Waals surface area contributed by atoms with Crippen LogP contribution in [0.3, 0.4) is 0 Å². The number of amides is 1. The number of aryl methyl sites for hydroxylation is 1. The van der Waals surface area contributed by atoms with Crippen LogP contribution in [-0.4, -0.2) is 25.1 Å². The van der Waals surface area contributed by atoms with E-state index in [1.807, 2.05) is 19.9 Å². The molecule has 0 unspecified atom stereocenters. The van der Waals surface area contributed by atoms with E-state index in [4.69, 9.17) is 13.9 Å². The Balaban J connectivity index is 1.64. The molecule has 0 aliphatic heterocycles. The summed E-state index contributed by atoms with van der Waals surface area (Å²) in [7, 11) is 0. The Kier molecular flexibility index (Phi) is 6.51. The Morgan fingerprint density at radius 3 is 2.47 bits per heavy atom. The van der Waals surface area contributed by atoms with Crippen molar-refractivity contribution in [2.75, 3.05) is 18.5 Å². The Morgan fingerprint density at radius 2 is 1.80 bits per heavy atom. The first kappa shape index (κ1) is 21.1. The summed E-state index contributed by atoms with van der Waals surface area (Å²) < 4.78 is 15.8. The standard InChI is InChI=1S/C23H23NO6/c1-4-18-14(3)19-11-10-17(12-20(19)30-23(18)27)29-13-21(25)24-16-8-6-15(7-9-16)22(26)28-5-2/h6-12H,4-5,13H2,1-3H3,(H,24,25). The van der Waals surface area contributed by atoms with Crippen molar-refractivity contribution in [3.63, 3.8) is 0 Å². The van der Waals surface area contributed by atoms with Crippen LogP contribution < -0.4 is 15.7 Å². The van der Waals surface area contributed by atoms with Crippen LogP contribution in [0.25, 0.3) is 11.0 Å². The third-order valence-corrected chi connectivity index (χ3v) is 4.66. The van der Waals surface area contributed by atoms with Crippen LogP contribution in [0, 0.1) is 6.92 Å². The van der Waals surface area contributed by atoms with Crippen LogP contribution in [0.1, 0.15) is 35.3 Å². The van der Waals surface area contributed by atoms with Gasteiger partial charge >= 0.3 is 11.6 Å². The van der Waals surface area contributed by atoms with Crippen molar-refractivity contribution >= 4 is 28.5 Å². The predicted octanol–water partition coefficient (Wildman–Crippen LogP) is 3.86. The van der Waals surface area contributed by atoms with E-state index < -0.39 is 5.97 Å². The lowest BCUT2D eigenvalue weighted by molar-refractivity contribution is -0.118. The second kappa shape index (κ2) is 9.26. The van der Waals surface area contributed by atoms with Crippen LogP contribution in [0.4, 0.5) is 5.69 Å². The van der Waals surface area contributed by atoms with Gasteiger partial charge in [0.25, 0.3) is 5.91 Å². The molecule has 7 heteroatoms. The molecule has 3 rings (SSSR count). The zero-order valence-electron chi connectivity index (χ0n) is 17.1. The van der Waals surface area contributed by atoms with Crippen molar-refractivity contribution in [2.24, 2.45) is 0 Å². The number of rotatable bonds is 7. The molecule has 1 heterocycles. The summed E-state index contributed by atoms with van der Waals surface area (Å²) >= 11 is 0. The van der Waals surface area contributed by atoms with Crippen molar-refractivity contribution in [3.8, 4) is 5.75 Å². The largest absolute Gasteiger partial charge is 0.484 e. The molecule has 0 radical (unpaired) electrons. The highest BCUT2D eigenvalue weighted by Crippen LogP contribution is 2.24. The van der Waals surface area contributed by atoms with Crippen molar-refractivity contribution in [1.82, 2.24) is 0 Å². The fourth-order valence-electron chi connectivity index (χ4n) is 3.12. The Morgan fingerprint density at radius 1 is 1.07 bits per heavy atom. The average molecular weight is 409 g/mol. The number of anilines is 1. The molecule has 0 atom stereocenters. The lowest BCUT2D eigenvalue weighted by atomic mass is 10.0. The number of esters is 1. The fraction of sp³-hybridized carbons (Fsp3) is 0.261. The lowest BCUT2D eigenvalue weighted by Gasteiger charge is -2.10. The van der Waals surface area contributed by atoms with E-state index in [9.17, 15) is 14.4 Å². The van der Waals surface area contributed by atoms with Gasteiger partial charge in [-0.15, -0.1) is 0 Å². The number of carbonyl (C=O) groups is 2. The summed E-state index contributed by atoms with van der Waals surface area (Å²) in [5.74, 6) is -0.358. The van der Waals surface area contributed by atoms with Crippen LogP contribution in [-0.2, 0) is 16.0 Å². The third-order valence-electron chi connectivity index (χ3n) is 4.66. The monoisotopic (exact) mass is 409 g/mol. The van der Waals surface area contributed by atoms with Crippen LogP contribution >= 0.6 is 0 Å². The van der Waals surface area contributed by atoms with Crippen molar-refractivity contribution in [3.05, 3.63) is 69.6 Å². The van der Waals surface area contributed by atoms with Gasteiger partial charge < -0.3 is 19.2 Å². The lowest BCUT2D eigenvalue weighted by Crippen LogP contribution is -2.20. The van der Waals surface area contributed by atoms with E-state index in [-0.39, 0.29) is 18.1 Å². The van der Waals surface area contributed by atoms with Gasteiger partial charge in [-0.3, -0.25) is 4.79 Å². The number of nitrogens with one attached hydrogen (secondary N) is 1.